The van der Waals surface area contributed by atoms with Crippen LogP contribution in [0.15, 0.2) is 45.9 Å². The molecule has 0 spiro atoms. The Bertz CT molecular complexity index is 840. The summed E-state index contributed by atoms with van der Waals surface area (Å²) in [6, 6.07) is 8.73. The minimum atomic E-state index is -0.630. The molecular formula is C15H12N2O3S. The van der Waals surface area contributed by atoms with E-state index in [0.29, 0.717) is 22.3 Å². The van der Waals surface area contributed by atoms with Crippen LogP contribution in [0.3, 0.4) is 0 Å². The van der Waals surface area contributed by atoms with Gasteiger partial charge in [-0.25, -0.2) is 9.78 Å². The van der Waals surface area contributed by atoms with E-state index in [4.69, 9.17) is 4.74 Å². The highest BCUT2D eigenvalue weighted by atomic mass is 32.1. The zero-order valence-corrected chi connectivity index (χ0v) is 12.0. The minimum Gasteiger partial charge on any atom is -0.451 e. The molecule has 2 heterocycles. The molecule has 0 fully saturated rings. The molecule has 1 N–H and O–H groups in total. The summed E-state index contributed by atoms with van der Waals surface area (Å²) in [5, 5.41) is 4.03. The summed E-state index contributed by atoms with van der Waals surface area (Å²) in [4.78, 5) is 30.9. The van der Waals surface area contributed by atoms with Crippen LogP contribution in [-0.2, 0) is 4.74 Å². The van der Waals surface area contributed by atoms with Gasteiger partial charge >= 0.3 is 5.97 Å². The van der Waals surface area contributed by atoms with E-state index in [1.807, 2.05) is 0 Å². The molecule has 2 aromatic heterocycles. The molecule has 1 aromatic carbocycles. The molecule has 3 aromatic rings. The number of ether oxygens (including phenoxy) is 1. The van der Waals surface area contributed by atoms with E-state index in [1.54, 1.807) is 48.0 Å². The van der Waals surface area contributed by atoms with Crippen molar-refractivity contribution in [3.63, 3.8) is 0 Å². The molecular weight excluding hydrogens is 288 g/mol. The number of rotatable bonds is 3. The molecule has 0 aliphatic carbocycles. The lowest BCUT2D eigenvalue weighted by Crippen LogP contribution is -2.17. The third-order valence-electron chi connectivity index (χ3n) is 3.06. The van der Waals surface area contributed by atoms with E-state index in [0.717, 1.165) is 0 Å². The molecule has 1 atom stereocenters. The van der Waals surface area contributed by atoms with Gasteiger partial charge in [-0.05, 0) is 30.5 Å². The number of carbonyl (C=O) groups is 1. The van der Waals surface area contributed by atoms with Gasteiger partial charge in [0.15, 0.2) is 11.9 Å². The third-order valence-corrected chi connectivity index (χ3v) is 3.74. The van der Waals surface area contributed by atoms with Gasteiger partial charge in [-0.15, -0.1) is 0 Å². The number of nitrogens with one attached hydrogen (secondary N) is 1. The largest absolute Gasteiger partial charge is 0.451 e. The first-order valence-electron chi connectivity index (χ1n) is 6.37. The van der Waals surface area contributed by atoms with Crippen molar-refractivity contribution in [1.82, 2.24) is 9.97 Å². The van der Waals surface area contributed by atoms with Gasteiger partial charge in [-0.2, -0.15) is 11.3 Å². The summed E-state index contributed by atoms with van der Waals surface area (Å²) < 4.78 is 5.32. The summed E-state index contributed by atoms with van der Waals surface area (Å²) in [5.74, 6) is -0.0955. The van der Waals surface area contributed by atoms with Gasteiger partial charge < -0.3 is 9.72 Å². The molecule has 0 amide bonds. The lowest BCUT2D eigenvalue weighted by molar-refractivity contribution is 0.0320. The van der Waals surface area contributed by atoms with E-state index < -0.39 is 12.1 Å². The van der Waals surface area contributed by atoms with Crippen LogP contribution < -0.4 is 5.56 Å². The number of carbonyl (C=O) groups excluding carboxylic acids is 1. The maximum atomic E-state index is 12.0. The number of aromatic amines is 1. The van der Waals surface area contributed by atoms with Gasteiger partial charge in [0.25, 0.3) is 5.56 Å². The fourth-order valence-electron chi connectivity index (χ4n) is 1.96. The molecule has 0 saturated carbocycles. The van der Waals surface area contributed by atoms with Crippen LogP contribution in [0, 0.1) is 0 Å². The Morgan fingerprint density at radius 1 is 1.33 bits per heavy atom. The highest BCUT2D eigenvalue weighted by Crippen LogP contribution is 2.17. The lowest BCUT2D eigenvalue weighted by atomic mass is 10.2. The van der Waals surface area contributed by atoms with Crippen LogP contribution in [0.4, 0.5) is 0 Å². The van der Waals surface area contributed by atoms with Crippen molar-refractivity contribution < 1.29 is 9.53 Å². The van der Waals surface area contributed by atoms with Crippen LogP contribution >= 0.6 is 11.3 Å². The fourth-order valence-corrected chi connectivity index (χ4v) is 2.59. The highest BCUT2D eigenvalue weighted by molar-refractivity contribution is 7.08. The van der Waals surface area contributed by atoms with E-state index in [1.165, 1.54) is 11.3 Å². The van der Waals surface area contributed by atoms with Crippen LogP contribution in [0.2, 0.25) is 0 Å². The normalized spacial score (nSPS) is 12.2. The van der Waals surface area contributed by atoms with Gasteiger partial charge in [0.2, 0.25) is 0 Å². The van der Waals surface area contributed by atoms with E-state index >= 15 is 0 Å². The summed E-state index contributed by atoms with van der Waals surface area (Å²) in [7, 11) is 0. The molecule has 1 unspecified atom stereocenters. The van der Waals surface area contributed by atoms with Crippen LogP contribution in [0.25, 0.3) is 10.9 Å². The molecule has 106 valence electrons. The maximum absolute atomic E-state index is 12.0. The number of fused-ring (bicyclic) bond motifs is 1. The smallest absolute Gasteiger partial charge is 0.339 e. The molecule has 0 radical (unpaired) electrons. The van der Waals surface area contributed by atoms with Crippen LogP contribution in [0.5, 0.6) is 0 Å². The number of hydrogen-bond donors (Lipinski definition) is 1. The predicted molar refractivity (Wildman–Crippen MR) is 80.5 cm³/mol. The Balaban J connectivity index is 1.89. The summed E-state index contributed by atoms with van der Waals surface area (Å²) >= 11 is 1.42. The van der Waals surface area contributed by atoms with Gasteiger partial charge in [-0.1, -0.05) is 12.1 Å². The summed E-state index contributed by atoms with van der Waals surface area (Å²) in [6.07, 6.45) is -0.630. The number of nitrogens with zero attached hydrogens (tertiary/aromatic N) is 1. The van der Waals surface area contributed by atoms with Gasteiger partial charge in [-0.3, -0.25) is 4.79 Å². The first-order valence-corrected chi connectivity index (χ1v) is 7.31. The average Bonchev–Trinajstić information content (AvgIpc) is 3.01. The zero-order valence-electron chi connectivity index (χ0n) is 11.2. The lowest BCUT2D eigenvalue weighted by Gasteiger charge is -2.12. The molecule has 3 rings (SSSR count). The molecule has 6 heteroatoms. The predicted octanol–water partition coefficient (Wildman–Crippen LogP) is 2.90. The van der Waals surface area contributed by atoms with Crippen molar-refractivity contribution in [2.75, 3.05) is 0 Å². The number of aromatic nitrogens is 2. The summed E-state index contributed by atoms with van der Waals surface area (Å²) in [5.41, 5.74) is 0.832. The Labute approximate surface area is 124 Å². The SMILES string of the molecule is CC(OC(=O)c1ccsc1)c1nc2ccccc2c(=O)[nH]1. The Hall–Kier alpha value is -2.47. The maximum Gasteiger partial charge on any atom is 0.339 e. The van der Waals surface area contributed by atoms with Crippen molar-refractivity contribution >= 4 is 28.2 Å². The third kappa shape index (κ3) is 2.71. The zero-order chi connectivity index (χ0) is 14.8. The molecule has 0 bridgehead atoms. The van der Waals surface area contributed by atoms with Crippen molar-refractivity contribution in [3.8, 4) is 0 Å². The van der Waals surface area contributed by atoms with Crippen molar-refractivity contribution in [2.24, 2.45) is 0 Å². The molecule has 21 heavy (non-hydrogen) atoms. The number of hydrogen-bond acceptors (Lipinski definition) is 5. The highest BCUT2D eigenvalue weighted by Gasteiger charge is 2.16. The van der Waals surface area contributed by atoms with E-state index in [-0.39, 0.29) is 5.56 Å². The number of benzene rings is 1. The number of esters is 1. The van der Waals surface area contributed by atoms with Crippen molar-refractivity contribution in [3.05, 3.63) is 62.8 Å². The van der Waals surface area contributed by atoms with E-state index in [9.17, 15) is 9.59 Å². The minimum absolute atomic E-state index is 0.242. The second-order valence-electron chi connectivity index (χ2n) is 4.53. The fraction of sp³-hybridized carbons (Fsp3) is 0.133. The second kappa shape index (κ2) is 5.49. The Morgan fingerprint density at radius 3 is 2.90 bits per heavy atom. The number of para-hydroxylation sites is 1. The van der Waals surface area contributed by atoms with Gasteiger partial charge in [0.05, 0.1) is 16.5 Å². The monoisotopic (exact) mass is 300 g/mol. The van der Waals surface area contributed by atoms with Crippen LogP contribution in [0.1, 0.15) is 29.2 Å². The first-order chi connectivity index (χ1) is 10.1. The van der Waals surface area contributed by atoms with Gasteiger partial charge in [0, 0.05) is 5.38 Å². The molecule has 0 saturated heterocycles. The average molecular weight is 300 g/mol. The van der Waals surface area contributed by atoms with E-state index in [2.05, 4.69) is 9.97 Å². The molecule has 0 aliphatic heterocycles. The van der Waals surface area contributed by atoms with Crippen molar-refractivity contribution in [2.45, 2.75) is 13.0 Å². The first kappa shape index (κ1) is 13.5. The number of thiophene rings is 1. The summed E-state index contributed by atoms with van der Waals surface area (Å²) in [6.45, 7) is 1.68. The quantitative estimate of drug-likeness (QED) is 0.755. The van der Waals surface area contributed by atoms with Crippen LogP contribution in [-0.4, -0.2) is 15.9 Å². The topological polar surface area (TPSA) is 72.0 Å². The Morgan fingerprint density at radius 2 is 2.14 bits per heavy atom. The second-order valence-corrected chi connectivity index (χ2v) is 5.31. The van der Waals surface area contributed by atoms with Gasteiger partial charge in [0.1, 0.15) is 0 Å². The van der Waals surface area contributed by atoms with Crippen molar-refractivity contribution in [1.29, 1.82) is 0 Å². The number of H-pyrrole nitrogens is 1. The Kier molecular flexibility index (Phi) is 3.53. The standard InChI is InChI=1S/C15H12N2O3S/c1-9(20-15(19)10-6-7-21-8-10)13-16-12-5-3-2-4-11(12)14(18)17-13/h2-9H,1H3,(H,16,17,18). The molecule has 5 nitrogen and oxygen atoms in total. The molecule has 0 aliphatic rings.